The molecule has 1 unspecified atom stereocenters. The second kappa shape index (κ2) is 7.29. The molecule has 2 N–H and O–H groups in total. The highest BCUT2D eigenvalue weighted by atomic mass is 16.5. The standard InChI is InChI=1S/C16H23N3O3/c1-11-13(16(22-4)19(2)18-11)9-17-10-14(20)12-7-5-6-8-15(12)21-3/h5-8,14,17,20H,9-10H2,1-4H3. The van der Waals surface area contributed by atoms with Gasteiger partial charge in [-0.15, -0.1) is 0 Å². The molecule has 22 heavy (non-hydrogen) atoms. The molecule has 1 aromatic heterocycles. The second-order valence-electron chi connectivity index (χ2n) is 5.09. The van der Waals surface area contributed by atoms with Crippen LogP contribution in [0.3, 0.4) is 0 Å². The molecule has 0 radical (unpaired) electrons. The van der Waals surface area contributed by atoms with Gasteiger partial charge in [0.15, 0.2) is 0 Å². The molecule has 0 saturated heterocycles. The lowest BCUT2D eigenvalue weighted by molar-refractivity contribution is 0.170. The van der Waals surface area contributed by atoms with Gasteiger partial charge in [-0.2, -0.15) is 5.10 Å². The Morgan fingerprint density at radius 3 is 2.68 bits per heavy atom. The average molecular weight is 305 g/mol. The predicted molar refractivity (Wildman–Crippen MR) is 84.2 cm³/mol. The number of aryl methyl sites for hydroxylation is 2. The fraction of sp³-hybridized carbons (Fsp3) is 0.438. The van der Waals surface area contributed by atoms with Crippen molar-refractivity contribution in [3.8, 4) is 11.6 Å². The Morgan fingerprint density at radius 2 is 2.00 bits per heavy atom. The molecule has 1 atom stereocenters. The smallest absolute Gasteiger partial charge is 0.216 e. The third-order valence-corrected chi connectivity index (χ3v) is 3.62. The summed E-state index contributed by atoms with van der Waals surface area (Å²) in [5.74, 6) is 1.42. The van der Waals surface area contributed by atoms with Crippen LogP contribution in [0.25, 0.3) is 0 Å². The Hall–Kier alpha value is -2.05. The van der Waals surface area contributed by atoms with Gasteiger partial charge in [0.25, 0.3) is 0 Å². The Labute approximate surface area is 130 Å². The summed E-state index contributed by atoms with van der Waals surface area (Å²) in [6.45, 7) is 2.93. The van der Waals surface area contributed by atoms with Crippen LogP contribution in [0.5, 0.6) is 11.6 Å². The number of methoxy groups -OCH3 is 2. The van der Waals surface area contributed by atoms with Crippen LogP contribution < -0.4 is 14.8 Å². The number of aliphatic hydroxyl groups is 1. The number of aromatic nitrogens is 2. The molecule has 0 amide bonds. The summed E-state index contributed by atoms with van der Waals surface area (Å²) < 4.78 is 12.3. The van der Waals surface area contributed by atoms with E-state index in [2.05, 4.69) is 10.4 Å². The molecule has 1 aromatic carbocycles. The first kappa shape index (κ1) is 16.3. The number of hydrogen-bond acceptors (Lipinski definition) is 5. The summed E-state index contributed by atoms with van der Waals surface area (Å²) in [5, 5.41) is 17.9. The fourth-order valence-corrected chi connectivity index (χ4v) is 2.53. The molecule has 0 aliphatic carbocycles. The van der Waals surface area contributed by atoms with Gasteiger partial charge in [-0.1, -0.05) is 18.2 Å². The summed E-state index contributed by atoms with van der Waals surface area (Å²) in [4.78, 5) is 0. The third-order valence-electron chi connectivity index (χ3n) is 3.62. The molecule has 0 fully saturated rings. The van der Waals surface area contributed by atoms with Gasteiger partial charge in [0.2, 0.25) is 5.88 Å². The monoisotopic (exact) mass is 305 g/mol. The maximum atomic E-state index is 10.3. The van der Waals surface area contributed by atoms with Gasteiger partial charge in [-0.05, 0) is 13.0 Å². The number of hydrogen-bond donors (Lipinski definition) is 2. The normalized spacial score (nSPS) is 12.2. The lowest BCUT2D eigenvalue weighted by Gasteiger charge is -2.15. The summed E-state index contributed by atoms with van der Waals surface area (Å²) in [7, 11) is 5.07. The van der Waals surface area contributed by atoms with E-state index in [1.807, 2.05) is 38.2 Å². The maximum Gasteiger partial charge on any atom is 0.216 e. The van der Waals surface area contributed by atoms with E-state index in [-0.39, 0.29) is 0 Å². The molecule has 6 heteroatoms. The van der Waals surface area contributed by atoms with Crippen LogP contribution in [0.15, 0.2) is 24.3 Å². The van der Waals surface area contributed by atoms with E-state index in [1.54, 1.807) is 18.9 Å². The Bertz CT molecular complexity index is 625. The van der Waals surface area contributed by atoms with Crippen LogP contribution in [0.1, 0.15) is 22.9 Å². The second-order valence-corrected chi connectivity index (χ2v) is 5.09. The van der Waals surface area contributed by atoms with Crippen LogP contribution in [0, 0.1) is 6.92 Å². The minimum absolute atomic E-state index is 0.415. The van der Waals surface area contributed by atoms with Crippen LogP contribution >= 0.6 is 0 Å². The molecule has 0 saturated carbocycles. The highest BCUT2D eigenvalue weighted by Crippen LogP contribution is 2.25. The Kier molecular flexibility index (Phi) is 5.41. The minimum atomic E-state index is -0.640. The van der Waals surface area contributed by atoms with E-state index in [0.717, 1.165) is 22.7 Å². The van der Waals surface area contributed by atoms with Crippen molar-refractivity contribution in [1.82, 2.24) is 15.1 Å². The van der Waals surface area contributed by atoms with Crippen LogP contribution in [-0.4, -0.2) is 35.7 Å². The first-order chi connectivity index (χ1) is 10.6. The lowest BCUT2D eigenvalue weighted by atomic mass is 10.1. The maximum absolute atomic E-state index is 10.3. The van der Waals surface area contributed by atoms with E-state index in [4.69, 9.17) is 9.47 Å². The predicted octanol–water partition coefficient (Wildman–Crippen LogP) is 1.57. The third kappa shape index (κ3) is 3.40. The molecule has 6 nitrogen and oxygen atoms in total. The molecule has 120 valence electrons. The van der Waals surface area contributed by atoms with Crippen molar-refractivity contribution in [2.24, 2.45) is 7.05 Å². The van der Waals surface area contributed by atoms with Crippen molar-refractivity contribution in [1.29, 1.82) is 0 Å². The zero-order chi connectivity index (χ0) is 16.1. The van der Waals surface area contributed by atoms with Crippen molar-refractivity contribution >= 4 is 0 Å². The van der Waals surface area contributed by atoms with Gasteiger partial charge in [0.1, 0.15) is 5.75 Å². The van der Waals surface area contributed by atoms with Crippen LogP contribution in [0.4, 0.5) is 0 Å². The van der Waals surface area contributed by atoms with Crippen molar-refractivity contribution < 1.29 is 14.6 Å². The fourth-order valence-electron chi connectivity index (χ4n) is 2.53. The average Bonchev–Trinajstić information content (AvgIpc) is 2.80. The topological polar surface area (TPSA) is 68.5 Å². The van der Waals surface area contributed by atoms with E-state index < -0.39 is 6.10 Å². The number of ether oxygens (including phenoxy) is 2. The van der Waals surface area contributed by atoms with Gasteiger partial charge >= 0.3 is 0 Å². The number of nitrogens with one attached hydrogen (secondary N) is 1. The quantitative estimate of drug-likeness (QED) is 0.812. The van der Waals surface area contributed by atoms with Gasteiger partial charge in [-0.3, -0.25) is 0 Å². The van der Waals surface area contributed by atoms with E-state index in [1.165, 1.54) is 0 Å². The van der Waals surface area contributed by atoms with Crippen molar-refractivity contribution in [2.75, 3.05) is 20.8 Å². The summed E-state index contributed by atoms with van der Waals surface area (Å²) in [5.41, 5.74) is 2.68. The van der Waals surface area contributed by atoms with Gasteiger partial charge in [0.05, 0.1) is 31.6 Å². The molecule has 2 aromatic rings. The van der Waals surface area contributed by atoms with Gasteiger partial charge in [-0.25, -0.2) is 4.68 Å². The van der Waals surface area contributed by atoms with Crippen molar-refractivity contribution in [3.05, 3.63) is 41.1 Å². The molecule has 0 bridgehead atoms. The number of nitrogens with zero attached hydrogens (tertiary/aromatic N) is 2. The number of para-hydroxylation sites is 1. The molecule has 0 aliphatic heterocycles. The minimum Gasteiger partial charge on any atom is -0.496 e. The molecular formula is C16H23N3O3. The van der Waals surface area contributed by atoms with Crippen LogP contribution in [-0.2, 0) is 13.6 Å². The van der Waals surface area contributed by atoms with Crippen LogP contribution in [0.2, 0.25) is 0 Å². The number of aliphatic hydroxyl groups excluding tert-OH is 1. The lowest BCUT2D eigenvalue weighted by Crippen LogP contribution is -2.22. The highest BCUT2D eigenvalue weighted by Gasteiger charge is 2.15. The molecule has 0 spiro atoms. The Morgan fingerprint density at radius 1 is 1.27 bits per heavy atom. The van der Waals surface area contributed by atoms with Gasteiger partial charge in [0, 0.05) is 25.7 Å². The van der Waals surface area contributed by atoms with Gasteiger partial charge < -0.3 is 19.9 Å². The Balaban J connectivity index is 1.99. The molecule has 2 rings (SSSR count). The molecule has 1 heterocycles. The first-order valence-electron chi connectivity index (χ1n) is 7.16. The first-order valence-corrected chi connectivity index (χ1v) is 7.16. The van der Waals surface area contributed by atoms with E-state index in [0.29, 0.717) is 18.8 Å². The van der Waals surface area contributed by atoms with Crippen molar-refractivity contribution in [3.63, 3.8) is 0 Å². The summed E-state index contributed by atoms with van der Waals surface area (Å²) >= 11 is 0. The largest absolute Gasteiger partial charge is 0.496 e. The SMILES string of the molecule is COc1ccccc1C(O)CNCc1c(C)nn(C)c1OC. The summed E-state index contributed by atoms with van der Waals surface area (Å²) in [6, 6.07) is 7.47. The zero-order valence-electron chi connectivity index (χ0n) is 13.5. The van der Waals surface area contributed by atoms with E-state index >= 15 is 0 Å². The molecular weight excluding hydrogens is 282 g/mol. The molecule has 0 aliphatic rings. The summed E-state index contributed by atoms with van der Waals surface area (Å²) in [6.07, 6.45) is -0.640. The van der Waals surface area contributed by atoms with E-state index in [9.17, 15) is 5.11 Å². The number of benzene rings is 1. The van der Waals surface area contributed by atoms with Crippen molar-refractivity contribution in [2.45, 2.75) is 19.6 Å². The highest BCUT2D eigenvalue weighted by molar-refractivity contribution is 5.35. The zero-order valence-corrected chi connectivity index (χ0v) is 13.5. The number of rotatable bonds is 7.